The molecule has 7 heteroatoms. The van der Waals surface area contributed by atoms with Gasteiger partial charge in [-0.1, -0.05) is 23.7 Å². The summed E-state index contributed by atoms with van der Waals surface area (Å²) in [7, 11) is 1.46. The van der Waals surface area contributed by atoms with E-state index in [1.54, 1.807) is 16.7 Å². The lowest BCUT2D eigenvalue weighted by atomic mass is 10.1. The van der Waals surface area contributed by atoms with Gasteiger partial charge in [-0.05, 0) is 35.9 Å². The van der Waals surface area contributed by atoms with Crippen molar-refractivity contribution in [3.63, 3.8) is 0 Å². The third-order valence-electron chi connectivity index (χ3n) is 4.09. The molecule has 27 heavy (non-hydrogen) atoms. The summed E-state index contributed by atoms with van der Waals surface area (Å²) in [6.07, 6.45) is 2.62. The first kappa shape index (κ1) is 18.9. The van der Waals surface area contributed by atoms with E-state index >= 15 is 0 Å². The van der Waals surface area contributed by atoms with Crippen molar-refractivity contribution in [2.45, 2.75) is 6.10 Å². The molecular weight excluding hydrogens is 371 g/mol. The number of aromatic nitrogens is 1. The third kappa shape index (κ3) is 4.30. The number of rotatable bonds is 6. The van der Waals surface area contributed by atoms with Gasteiger partial charge in [0.1, 0.15) is 11.6 Å². The van der Waals surface area contributed by atoms with Gasteiger partial charge in [0, 0.05) is 25.0 Å². The number of carbonyl (C=O) groups excluding carboxylic acids is 1. The predicted molar refractivity (Wildman–Crippen MR) is 101 cm³/mol. The molecular formula is C20H18ClFN2O3. The second-order valence-electron chi connectivity index (χ2n) is 5.88. The van der Waals surface area contributed by atoms with Crippen LogP contribution in [-0.2, 0) is 0 Å². The van der Waals surface area contributed by atoms with Crippen molar-refractivity contribution in [3.8, 4) is 11.4 Å². The Balaban J connectivity index is 1.77. The zero-order valence-corrected chi connectivity index (χ0v) is 15.3. The van der Waals surface area contributed by atoms with E-state index in [1.165, 1.54) is 31.4 Å². The number of ether oxygens (including phenoxy) is 1. The lowest BCUT2D eigenvalue weighted by Crippen LogP contribution is -2.28. The number of methoxy groups -OCH3 is 1. The molecule has 5 nitrogen and oxygen atoms in total. The molecule has 0 aliphatic heterocycles. The van der Waals surface area contributed by atoms with Crippen molar-refractivity contribution in [1.82, 2.24) is 9.88 Å². The van der Waals surface area contributed by atoms with Gasteiger partial charge >= 0.3 is 0 Å². The maximum atomic E-state index is 13.3. The minimum Gasteiger partial charge on any atom is -0.496 e. The van der Waals surface area contributed by atoms with Crippen molar-refractivity contribution in [2.75, 3.05) is 13.7 Å². The van der Waals surface area contributed by atoms with E-state index in [-0.39, 0.29) is 12.1 Å². The summed E-state index contributed by atoms with van der Waals surface area (Å²) in [5, 5.41) is 13.1. The Bertz CT molecular complexity index is 944. The number of hydrogen-bond donors (Lipinski definition) is 2. The quantitative estimate of drug-likeness (QED) is 0.676. The van der Waals surface area contributed by atoms with Crippen molar-refractivity contribution in [3.05, 3.63) is 82.9 Å². The Hall–Kier alpha value is -2.83. The number of hydrogen-bond acceptors (Lipinski definition) is 3. The molecule has 0 saturated carbocycles. The van der Waals surface area contributed by atoms with Crippen LogP contribution in [0.15, 0.2) is 60.9 Å². The average Bonchev–Trinajstić information content (AvgIpc) is 3.20. The maximum absolute atomic E-state index is 13.3. The fourth-order valence-electron chi connectivity index (χ4n) is 2.70. The monoisotopic (exact) mass is 388 g/mol. The molecule has 140 valence electrons. The number of aliphatic hydroxyl groups excluding tert-OH is 1. The van der Waals surface area contributed by atoms with Gasteiger partial charge in [-0.3, -0.25) is 4.79 Å². The van der Waals surface area contributed by atoms with Crippen LogP contribution in [0.3, 0.4) is 0 Å². The van der Waals surface area contributed by atoms with Crippen LogP contribution in [-0.4, -0.2) is 29.2 Å². The minimum absolute atomic E-state index is 0.0809. The molecule has 0 aliphatic carbocycles. The fourth-order valence-corrected chi connectivity index (χ4v) is 2.96. The molecule has 3 aromatic rings. The van der Waals surface area contributed by atoms with Crippen molar-refractivity contribution in [2.24, 2.45) is 0 Å². The van der Waals surface area contributed by atoms with Crippen LogP contribution < -0.4 is 10.1 Å². The maximum Gasteiger partial charge on any atom is 0.255 e. The molecule has 2 N–H and O–H groups in total. The first-order valence-electron chi connectivity index (χ1n) is 8.22. The molecule has 0 spiro atoms. The van der Waals surface area contributed by atoms with Crippen LogP contribution in [0.4, 0.5) is 4.39 Å². The van der Waals surface area contributed by atoms with Crippen molar-refractivity contribution >= 4 is 17.5 Å². The van der Waals surface area contributed by atoms with E-state index in [1.807, 2.05) is 24.5 Å². The Morgan fingerprint density at radius 2 is 2.00 bits per heavy atom. The van der Waals surface area contributed by atoms with E-state index in [2.05, 4.69) is 5.32 Å². The number of nitrogens with one attached hydrogen (secondary N) is 1. The zero-order chi connectivity index (χ0) is 19.4. The van der Waals surface area contributed by atoms with Crippen LogP contribution in [0.1, 0.15) is 22.0 Å². The Morgan fingerprint density at radius 3 is 2.67 bits per heavy atom. The van der Waals surface area contributed by atoms with Crippen molar-refractivity contribution in [1.29, 1.82) is 0 Å². The van der Waals surface area contributed by atoms with Crippen LogP contribution in [0.5, 0.6) is 5.75 Å². The normalized spacial score (nSPS) is 11.9. The lowest BCUT2D eigenvalue weighted by Gasteiger charge is -2.15. The molecule has 1 aromatic heterocycles. The summed E-state index contributed by atoms with van der Waals surface area (Å²) in [6, 6.07) is 12.5. The third-order valence-corrected chi connectivity index (χ3v) is 4.39. The molecule has 2 aromatic carbocycles. The molecule has 1 heterocycles. The molecule has 1 atom stereocenters. The van der Waals surface area contributed by atoms with Gasteiger partial charge in [0.25, 0.3) is 5.91 Å². The molecule has 1 amide bonds. The summed E-state index contributed by atoms with van der Waals surface area (Å²) in [4.78, 5) is 12.5. The van der Waals surface area contributed by atoms with Gasteiger partial charge in [0.2, 0.25) is 0 Å². The SMILES string of the molecule is COc1cc(-n2cccc2)c(Cl)cc1C(=O)NCC(O)c1cccc(F)c1. The number of benzene rings is 2. The van der Waals surface area contributed by atoms with Crippen LogP contribution in [0, 0.1) is 5.82 Å². The van der Waals surface area contributed by atoms with E-state index in [0.29, 0.717) is 22.0 Å². The van der Waals surface area contributed by atoms with Crippen LogP contribution in [0.25, 0.3) is 5.69 Å². The van der Waals surface area contributed by atoms with Crippen LogP contribution in [0.2, 0.25) is 5.02 Å². The number of halogens is 2. The largest absolute Gasteiger partial charge is 0.496 e. The highest BCUT2D eigenvalue weighted by Crippen LogP contribution is 2.30. The number of aliphatic hydroxyl groups is 1. The lowest BCUT2D eigenvalue weighted by molar-refractivity contribution is 0.0913. The Labute approximate surface area is 161 Å². The highest BCUT2D eigenvalue weighted by Gasteiger charge is 2.18. The minimum atomic E-state index is -1.04. The van der Waals surface area contributed by atoms with E-state index in [4.69, 9.17) is 16.3 Å². The number of carbonyl (C=O) groups is 1. The predicted octanol–water partition coefficient (Wildman–Crippen LogP) is 3.74. The van der Waals surface area contributed by atoms with Gasteiger partial charge in [0.05, 0.1) is 29.5 Å². The van der Waals surface area contributed by atoms with E-state index < -0.39 is 17.8 Å². The number of amides is 1. The fraction of sp³-hybridized carbons (Fsp3) is 0.150. The molecule has 0 saturated heterocycles. The van der Waals surface area contributed by atoms with E-state index in [9.17, 15) is 14.3 Å². The number of nitrogens with zero attached hydrogens (tertiary/aromatic N) is 1. The van der Waals surface area contributed by atoms with Gasteiger partial charge in [-0.2, -0.15) is 0 Å². The topological polar surface area (TPSA) is 63.5 Å². The molecule has 0 bridgehead atoms. The van der Waals surface area contributed by atoms with Crippen molar-refractivity contribution < 1.29 is 19.0 Å². The molecule has 0 aliphatic rings. The zero-order valence-electron chi connectivity index (χ0n) is 14.5. The summed E-state index contributed by atoms with van der Waals surface area (Å²) in [5.41, 5.74) is 1.29. The van der Waals surface area contributed by atoms with Crippen LogP contribution >= 0.6 is 11.6 Å². The molecule has 3 rings (SSSR count). The Morgan fingerprint density at radius 1 is 1.26 bits per heavy atom. The van der Waals surface area contributed by atoms with Gasteiger partial charge < -0.3 is 19.7 Å². The van der Waals surface area contributed by atoms with Gasteiger partial charge in [-0.25, -0.2) is 4.39 Å². The van der Waals surface area contributed by atoms with E-state index in [0.717, 1.165) is 0 Å². The molecule has 1 unspecified atom stereocenters. The second kappa shape index (κ2) is 8.24. The first-order valence-corrected chi connectivity index (χ1v) is 8.60. The highest BCUT2D eigenvalue weighted by atomic mass is 35.5. The Kier molecular flexibility index (Phi) is 5.78. The molecule has 0 radical (unpaired) electrons. The summed E-state index contributed by atoms with van der Waals surface area (Å²) >= 11 is 6.32. The first-order chi connectivity index (χ1) is 13.0. The van der Waals surface area contributed by atoms with Gasteiger partial charge in [-0.15, -0.1) is 0 Å². The summed E-state index contributed by atoms with van der Waals surface area (Å²) in [5.74, 6) is -0.559. The van der Waals surface area contributed by atoms with Gasteiger partial charge in [0.15, 0.2) is 0 Å². The highest BCUT2D eigenvalue weighted by molar-refractivity contribution is 6.33. The standard InChI is InChI=1S/C20H18ClFN2O3/c1-27-19-11-17(24-7-2-3-8-24)16(21)10-15(19)20(26)23-12-18(25)13-5-4-6-14(22)9-13/h2-11,18,25H,12H2,1H3,(H,23,26). The molecule has 0 fully saturated rings. The smallest absolute Gasteiger partial charge is 0.255 e. The summed E-state index contributed by atoms with van der Waals surface area (Å²) in [6.45, 7) is -0.0809. The summed E-state index contributed by atoms with van der Waals surface area (Å²) < 4.78 is 20.4. The average molecular weight is 389 g/mol. The second-order valence-corrected chi connectivity index (χ2v) is 6.28.